The summed E-state index contributed by atoms with van der Waals surface area (Å²) in [5.74, 6) is 0.369. The molecule has 1 fully saturated rings. The standard InChI is InChI=1S/C21H28N6O2/c1-25-11-13-26(14-12-25)9-8-18(28)22-20-17-7-10-27(21(29)19(17)23-24-20)15-16-5-3-2-4-6-16/h2-6H,7-15H2,1H3,(H2,22,23,24,28). The predicted octanol–water partition coefficient (Wildman–Crippen LogP) is 1.18. The van der Waals surface area contributed by atoms with E-state index in [0.29, 0.717) is 37.4 Å². The topological polar surface area (TPSA) is 84.6 Å². The van der Waals surface area contributed by atoms with Crippen molar-refractivity contribution in [2.75, 3.05) is 51.6 Å². The molecule has 0 atom stereocenters. The number of fused-ring (bicyclic) bond motifs is 1. The van der Waals surface area contributed by atoms with E-state index in [-0.39, 0.29) is 11.8 Å². The molecule has 0 spiro atoms. The number of aromatic amines is 1. The van der Waals surface area contributed by atoms with Crippen molar-refractivity contribution in [3.63, 3.8) is 0 Å². The van der Waals surface area contributed by atoms with Gasteiger partial charge in [0.2, 0.25) is 5.91 Å². The zero-order valence-electron chi connectivity index (χ0n) is 16.9. The molecule has 8 heteroatoms. The van der Waals surface area contributed by atoms with Crippen LogP contribution in [0.25, 0.3) is 0 Å². The fraction of sp³-hybridized carbons (Fsp3) is 0.476. The summed E-state index contributed by atoms with van der Waals surface area (Å²) in [5, 5.41) is 9.94. The van der Waals surface area contributed by atoms with E-state index in [1.54, 1.807) is 0 Å². The van der Waals surface area contributed by atoms with Gasteiger partial charge in [-0.1, -0.05) is 30.3 Å². The number of hydrogen-bond donors (Lipinski definition) is 2. The van der Waals surface area contributed by atoms with Crippen LogP contribution in [0.1, 0.15) is 28.0 Å². The van der Waals surface area contributed by atoms with Gasteiger partial charge >= 0.3 is 0 Å². The summed E-state index contributed by atoms with van der Waals surface area (Å²) < 4.78 is 0. The van der Waals surface area contributed by atoms with Gasteiger partial charge in [0.1, 0.15) is 5.69 Å². The van der Waals surface area contributed by atoms with E-state index in [2.05, 4.69) is 32.4 Å². The van der Waals surface area contributed by atoms with Crippen molar-refractivity contribution in [3.05, 3.63) is 47.2 Å². The molecule has 0 saturated carbocycles. The fourth-order valence-electron chi connectivity index (χ4n) is 3.88. The largest absolute Gasteiger partial charge is 0.333 e. The first-order valence-electron chi connectivity index (χ1n) is 10.2. The summed E-state index contributed by atoms with van der Waals surface area (Å²) in [6, 6.07) is 9.94. The van der Waals surface area contributed by atoms with Gasteiger partial charge in [-0.15, -0.1) is 0 Å². The number of nitrogens with zero attached hydrogens (tertiary/aromatic N) is 4. The molecule has 0 unspecified atom stereocenters. The second-order valence-corrected chi connectivity index (χ2v) is 7.83. The van der Waals surface area contributed by atoms with Gasteiger partial charge in [0.05, 0.1) is 0 Å². The molecule has 2 aliphatic rings. The number of aromatic nitrogens is 2. The third-order valence-electron chi connectivity index (χ3n) is 5.73. The summed E-state index contributed by atoms with van der Waals surface area (Å²) in [5.41, 5.74) is 2.40. The second kappa shape index (κ2) is 8.75. The molecular weight excluding hydrogens is 368 g/mol. The summed E-state index contributed by atoms with van der Waals surface area (Å²) in [7, 11) is 2.12. The molecule has 1 saturated heterocycles. The van der Waals surface area contributed by atoms with Crippen molar-refractivity contribution in [2.24, 2.45) is 0 Å². The number of amides is 2. The number of anilines is 1. The monoisotopic (exact) mass is 396 g/mol. The molecule has 1 aromatic heterocycles. The van der Waals surface area contributed by atoms with Crippen LogP contribution in [-0.2, 0) is 17.8 Å². The van der Waals surface area contributed by atoms with Gasteiger partial charge < -0.3 is 20.0 Å². The minimum absolute atomic E-state index is 0.0580. The highest BCUT2D eigenvalue weighted by Crippen LogP contribution is 2.25. The van der Waals surface area contributed by atoms with E-state index in [4.69, 9.17) is 0 Å². The van der Waals surface area contributed by atoms with Crippen LogP contribution < -0.4 is 5.32 Å². The van der Waals surface area contributed by atoms with Crippen LogP contribution in [0.5, 0.6) is 0 Å². The Bertz CT molecular complexity index is 857. The lowest BCUT2D eigenvalue weighted by molar-refractivity contribution is -0.116. The lowest BCUT2D eigenvalue weighted by Crippen LogP contribution is -2.45. The highest BCUT2D eigenvalue weighted by atomic mass is 16.2. The zero-order valence-corrected chi connectivity index (χ0v) is 16.9. The molecule has 2 aromatic rings. The van der Waals surface area contributed by atoms with Gasteiger partial charge in [0, 0.05) is 57.8 Å². The summed E-state index contributed by atoms with van der Waals surface area (Å²) >= 11 is 0. The molecule has 2 N–H and O–H groups in total. The first kappa shape index (κ1) is 19.6. The van der Waals surface area contributed by atoms with E-state index in [9.17, 15) is 9.59 Å². The Morgan fingerprint density at radius 1 is 1.14 bits per heavy atom. The highest BCUT2D eigenvalue weighted by molar-refractivity contribution is 5.98. The summed E-state index contributed by atoms with van der Waals surface area (Å²) in [4.78, 5) is 31.6. The summed E-state index contributed by atoms with van der Waals surface area (Å²) in [6.07, 6.45) is 1.11. The molecule has 29 heavy (non-hydrogen) atoms. The highest BCUT2D eigenvalue weighted by Gasteiger charge is 2.29. The molecule has 0 bridgehead atoms. The Morgan fingerprint density at radius 3 is 2.66 bits per heavy atom. The number of benzene rings is 1. The number of H-pyrrole nitrogens is 1. The maximum atomic E-state index is 12.8. The Kier molecular flexibility index (Phi) is 5.92. The van der Waals surface area contributed by atoms with Crippen LogP contribution >= 0.6 is 0 Å². The Morgan fingerprint density at radius 2 is 1.90 bits per heavy atom. The van der Waals surface area contributed by atoms with Gasteiger partial charge in [-0.2, -0.15) is 5.10 Å². The molecular formula is C21H28N6O2. The normalized spacial score (nSPS) is 18.0. The Labute approximate surface area is 170 Å². The van der Waals surface area contributed by atoms with Crippen molar-refractivity contribution in [2.45, 2.75) is 19.4 Å². The Hall–Kier alpha value is -2.71. The maximum Gasteiger partial charge on any atom is 0.272 e. The molecule has 8 nitrogen and oxygen atoms in total. The van der Waals surface area contributed by atoms with Crippen LogP contribution in [0.15, 0.2) is 30.3 Å². The molecule has 2 aliphatic heterocycles. The summed E-state index contributed by atoms with van der Waals surface area (Å²) in [6.45, 7) is 6.00. The first-order valence-corrected chi connectivity index (χ1v) is 10.2. The van der Waals surface area contributed by atoms with Gasteiger partial charge in [-0.3, -0.25) is 14.7 Å². The van der Waals surface area contributed by atoms with E-state index < -0.39 is 0 Å². The smallest absolute Gasteiger partial charge is 0.272 e. The number of nitrogens with one attached hydrogen (secondary N) is 2. The average molecular weight is 396 g/mol. The zero-order chi connectivity index (χ0) is 20.2. The number of carbonyl (C=O) groups excluding carboxylic acids is 2. The minimum Gasteiger partial charge on any atom is -0.333 e. The number of hydrogen-bond acceptors (Lipinski definition) is 5. The SMILES string of the molecule is CN1CCN(CCC(=O)Nc2n[nH]c3c2CCN(Cc2ccccc2)C3=O)CC1. The quantitative estimate of drug-likeness (QED) is 0.766. The minimum atomic E-state index is -0.0689. The van der Waals surface area contributed by atoms with Gasteiger partial charge in [0.25, 0.3) is 5.91 Å². The molecule has 0 radical (unpaired) electrons. The molecule has 2 amide bonds. The number of rotatable bonds is 6. The van der Waals surface area contributed by atoms with Crippen LogP contribution in [0.3, 0.4) is 0 Å². The lowest BCUT2D eigenvalue weighted by atomic mass is 10.0. The van der Waals surface area contributed by atoms with Gasteiger partial charge in [-0.05, 0) is 19.0 Å². The molecule has 3 heterocycles. The second-order valence-electron chi connectivity index (χ2n) is 7.83. The lowest BCUT2D eigenvalue weighted by Gasteiger charge is -2.32. The maximum absolute atomic E-state index is 12.8. The van der Waals surface area contributed by atoms with Crippen LogP contribution in [-0.4, -0.2) is 83.0 Å². The van der Waals surface area contributed by atoms with Crippen molar-refractivity contribution < 1.29 is 9.59 Å². The first-order chi connectivity index (χ1) is 14.1. The molecule has 154 valence electrons. The van der Waals surface area contributed by atoms with Crippen LogP contribution in [0.2, 0.25) is 0 Å². The van der Waals surface area contributed by atoms with Gasteiger partial charge in [-0.25, -0.2) is 0 Å². The van der Waals surface area contributed by atoms with Crippen molar-refractivity contribution in [1.29, 1.82) is 0 Å². The predicted molar refractivity (Wildman–Crippen MR) is 111 cm³/mol. The van der Waals surface area contributed by atoms with Crippen molar-refractivity contribution in [1.82, 2.24) is 24.9 Å². The van der Waals surface area contributed by atoms with Gasteiger partial charge in [0.15, 0.2) is 5.82 Å². The van der Waals surface area contributed by atoms with Crippen LogP contribution in [0.4, 0.5) is 5.82 Å². The van der Waals surface area contributed by atoms with Crippen LogP contribution in [0, 0.1) is 0 Å². The number of carbonyl (C=O) groups is 2. The third-order valence-corrected chi connectivity index (χ3v) is 5.73. The Balaban J connectivity index is 1.33. The van der Waals surface area contributed by atoms with Crippen molar-refractivity contribution >= 4 is 17.6 Å². The van der Waals surface area contributed by atoms with E-state index in [1.807, 2.05) is 35.2 Å². The van der Waals surface area contributed by atoms with Crippen molar-refractivity contribution in [3.8, 4) is 0 Å². The molecule has 4 rings (SSSR count). The number of piperazine rings is 1. The fourth-order valence-corrected chi connectivity index (χ4v) is 3.88. The van der Waals surface area contributed by atoms with E-state index in [1.165, 1.54) is 0 Å². The number of likely N-dealkylation sites (N-methyl/N-ethyl adjacent to an activating group) is 1. The molecule has 0 aliphatic carbocycles. The van der Waals surface area contributed by atoms with E-state index in [0.717, 1.165) is 43.9 Å². The average Bonchev–Trinajstić information content (AvgIpc) is 3.14. The van der Waals surface area contributed by atoms with E-state index >= 15 is 0 Å². The molecule has 1 aromatic carbocycles. The third kappa shape index (κ3) is 4.65.